The molecule has 6 rings (SSSR count). The third-order valence-corrected chi connectivity index (χ3v) is 10.7. The van der Waals surface area contributed by atoms with Crippen LogP contribution in [0.15, 0.2) is 41.3 Å². The molecular formula is C29H38N4O4S. The Morgan fingerprint density at radius 1 is 1.13 bits per heavy atom. The van der Waals surface area contributed by atoms with E-state index in [1.54, 1.807) is 24.3 Å². The number of pyridine rings is 1. The normalized spacial score (nSPS) is 24.2. The Balaban J connectivity index is 1.27. The minimum atomic E-state index is -3.48. The maximum Gasteiger partial charge on any atom is 0.259 e. The van der Waals surface area contributed by atoms with Crippen LogP contribution in [0.3, 0.4) is 0 Å². The number of nitrogens with zero attached hydrogens (tertiary/aromatic N) is 3. The van der Waals surface area contributed by atoms with Gasteiger partial charge in [-0.05, 0) is 73.3 Å². The second kappa shape index (κ2) is 9.23. The average Bonchev–Trinajstić information content (AvgIpc) is 3.28. The van der Waals surface area contributed by atoms with Crippen LogP contribution < -0.4 is 15.1 Å². The number of hydrogen-bond donors (Lipinski definition) is 1. The maximum atomic E-state index is 13.6. The number of ether oxygens (including phenoxy) is 1. The molecule has 9 heteroatoms. The van der Waals surface area contributed by atoms with Crippen LogP contribution in [0, 0.1) is 10.8 Å². The molecule has 2 atom stereocenters. The monoisotopic (exact) mass is 538 g/mol. The summed E-state index contributed by atoms with van der Waals surface area (Å²) in [5.41, 5.74) is 1.13. The van der Waals surface area contributed by atoms with Crippen LogP contribution in [0.4, 0.5) is 17.3 Å². The Kier molecular flexibility index (Phi) is 6.22. The summed E-state index contributed by atoms with van der Waals surface area (Å²) in [5.74, 6) is 1.37. The standard InChI is InChI=1S/C29H38N4O4S/c1-28(2,3)19-38(35,36)23-6-4-5-20(15-23)30-27(34)24-7-8-25(33-17-22-16-21(33)18-37-22)31-26(24)32-13-11-29(9-10-29)12-14-32/h4-8,15,21-22H,9-14,16-19H2,1-3H3,(H,30,34)/t21-,22-/m1/s1. The largest absolute Gasteiger partial charge is 0.374 e. The fourth-order valence-corrected chi connectivity index (χ4v) is 8.08. The first kappa shape index (κ1) is 25.6. The molecule has 0 unspecified atom stereocenters. The molecule has 2 aromatic rings. The van der Waals surface area contributed by atoms with Gasteiger partial charge in [-0.3, -0.25) is 4.79 Å². The molecule has 1 aliphatic carbocycles. The van der Waals surface area contributed by atoms with Crippen molar-refractivity contribution in [3.63, 3.8) is 0 Å². The van der Waals surface area contributed by atoms with Gasteiger partial charge in [0.1, 0.15) is 11.6 Å². The van der Waals surface area contributed by atoms with Gasteiger partial charge >= 0.3 is 0 Å². The summed E-state index contributed by atoms with van der Waals surface area (Å²) in [7, 11) is -3.48. The van der Waals surface area contributed by atoms with Gasteiger partial charge in [-0.2, -0.15) is 0 Å². The van der Waals surface area contributed by atoms with E-state index in [0.29, 0.717) is 22.7 Å². The maximum absolute atomic E-state index is 13.6. The molecule has 4 fully saturated rings. The Labute approximate surface area is 225 Å². The Bertz CT molecular complexity index is 1340. The molecule has 2 bridgehead atoms. The lowest BCUT2D eigenvalue weighted by molar-refractivity contribution is 0.0988. The number of rotatable bonds is 6. The van der Waals surface area contributed by atoms with Crippen molar-refractivity contribution in [3.05, 3.63) is 42.0 Å². The van der Waals surface area contributed by atoms with Crippen molar-refractivity contribution in [1.82, 2.24) is 4.98 Å². The van der Waals surface area contributed by atoms with Crippen molar-refractivity contribution in [2.75, 3.05) is 47.1 Å². The smallest absolute Gasteiger partial charge is 0.259 e. The number of amides is 1. The van der Waals surface area contributed by atoms with Crippen LogP contribution in [0.1, 0.15) is 63.2 Å². The lowest BCUT2D eigenvalue weighted by Crippen LogP contribution is -2.39. The van der Waals surface area contributed by atoms with Gasteiger partial charge in [-0.25, -0.2) is 13.4 Å². The van der Waals surface area contributed by atoms with E-state index in [1.165, 1.54) is 12.8 Å². The molecule has 1 saturated carbocycles. The average molecular weight is 539 g/mol. The molecule has 204 valence electrons. The predicted octanol–water partition coefficient (Wildman–Crippen LogP) is 4.51. The molecule has 1 N–H and O–H groups in total. The first-order valence-electron chi connectivity index (χ1n) is 13.8. The summed E-state index contributed by atoms with van der Waals surface area (Å²) in [6, 6.07) is 10.7. The summed E-state index contributed by atoms with van der Waals surface area (Å²) < 4.78 is 31.7. The number of aromatic nitrogens is 1. The number of sulfone groups is 1. The third-order valence-electron chi connectivity index (χ3n) is 8.45. The van der Waals surface area contributed by atoms with Gasteiger partial charge in [0.25, 0.3) is 5.91 Å². The van der Waals surface area contributed by atoms with Crippen molar-refractivity contribution in [3.8, 4) is 0 Å². The number of morpholine rings is 1. The number of nitrogens with one attached hydrogen (secondary N) is 1. The van der Waals surface area contributed by atoms with Crippen LogP contribution in [-0.4, -0.2) is 63.4 Å². The zero-order chi connectivity index (χ0) is 26.7. The SMILES string of the molecule is CC(C)(C)CS(=O)(=O)c1cccc(NC(=O)c2ccc(N3C[C@H]4C[C@@H]3CO4)nc2N2CCC3(CC2)CC3)c1. The van der Waals surface area contributed by atoms with Crippen LogP contribution >= 0.6 is 0 Å². The number of fused-ring (bicyclic) bond motifs is 2. The molecule has 4 aliphatic rings. The Hall–Kier alpha value is -2.65. The Morgan fingerprint density at radius 2 is 1.89 bits per heavy atom. The summed E-state index contributed by atoms with van der Waals surface area (Å²) >= 11 is 0. The topological polar surface area (TPSA) is 91.8 Å². The number of anilines is 3. The van der Waals surface area contributed by atoms with Gasteiger partial charge in [-0.15, -0.1) is 0 Å². The number of hydrogen-bond acceptors (Lipinski definition) is 7. The minimum Gasteiger partial charge on any atom is -0.374 e. The van der Waals surface area contributed by atoms with Crippen molar-refractivity contribution in [2.45, 2.75) is 69.9 Å². The fourth-order valence-electron chi connectivity index (χ4n) is 6.19. The number of carbonyl (C=O) groups excluding carboxylic acids is 1. The molecule has 1 spiro atoms. The number of piperidine rings is 1. The highest BCUT2D eigenvalue weighted by Crippen LogP contribution is 2.54. The minimum absolute atomic E-state index is 0.0345. The van der Waals surface area contributed by atoms with Crippen molar-refractivity contribution in [2.24, 2.45) is 10.8 Å². The van der Waals surface area contributed by atoms with E-state index in [9.17, 15) is 13.2 Å². The van der Waals surface area contributed by atoms with E-state index < -0.39 is 9.84 Å². The lowest BCUT2D eigenvalue weighted by Gasteiger charge is -2.35. The summed E-state index contributed by atoms with van der Waals surface area (Å²) in [6.07, 6.45) is 6.19. The molecule has 4 heterocycles. The van der Waals surface area contributed by atoms with Gasteiger partial charge in [0.2, 0.25) is 0 Å². The molecule has 1 aromatic heterocycles. The summed E-state index contributed by atoms with van der Waals surface area (Å²) in [6.45, 7) is 9.06. The van der Waals surface area contributed by atoms with E-state index in [1.807, 2.05) is 32.9 Å². The quantitative estimate of drug-likeness (QED) is 0.579. The zero-order valence-electron chi connectivity index (χ0n) is 22.6. The predicted molar refractivity (Wildman–Crippen MR) is 149 cm³/mol. The highest BCUT2D eigenvalue weighted by molar-refractivity contribution is 7.91. The molecular weight excluding hydrogens is 500 g/mol. The molecule has 1 amide bonds. The molecule has 3 saturated heterocycles. The van der Waals surface area contributed by atoms with E-state index in [4.69, 9.17) is 9.72 Å². The van der Waals surface area contributed by atoms with E-state index in [2.05, 4.69) is 15.1 Å². The summed E-state index contributed by atoms with van der Waals surface area (Å²) in [4.78, 5) is 23.5. The van der Waals surface area contributed by atoms with Crippen LogP contribution in [0.5, 0.6) is 0 Å². The molecule has 1 aromatic carbocycles. The molecule has 38 heavy (non-hydrogen) atoms. The Morgan fingerprint density at radius 3 is 2.53 bits per heavy atom. The van der Waals surface area contributed by atoms with Crippen molar-refractivity contribution in [1.29, 1.82) is 0 Å². The van der Waals surface area contributed by atoms with Crippen molar-refractivity contribution >= 4 is 33.1 Å². The molecule has 8 nitrogen and oxygen atoms in total. The molecule has 3 aliphatic heterocycles. The van der Waals surface area contributed by atoms with Crippen LogP contribution in [-0.2, 0) is 14.6 Å². The van der Waals surface area contributed by atoms with E-state index in [0.717, 1.165) is 57.1 Å². The van der Waals surface area contributed by atoms with Gasteiger partial charge < -0.3 is 19.9 Å². The van der Waals surface area contributed by atoms with Gasteiger partial charge in [-0.1, -0.05) is 26.8 Å². The van der Waals surface area contributed by atoms with Gasteiger partial charge in [0, 0.05) is 25.3 Å². The first-order valence-corrected chi connectivity index (χ1v) is 15.4. The van der Waals surface area contributed by atoms with E-state index in [-0.39, 0.29) is 28.1 Å². The zero-order valence-corrected chi connectivity index (χ0v) is 23.4. The van der Waals surface area contributed by atoms with Crippen LogP contribution in [0.2, 0.25) is 0 Å². The summed E-state index contributed by atoms with van der Waals surface area (Å²) in [5, 5.41) is 2.95. The van der Waals surface area contributed by atoms with Crippen LogP contribution in [0.25, 0.3) is 0 Å². The highest BCUT2D eigenvalue weighted by atomic mass is 32.2. The fraction of sp³-hybridized carbons (Fsp3) is 0.586. The first-order chi connectivity index (χ1) is 18.0. The van der Waals surface area contributed by atoms with Crippen molar-refractivity contribution < 1.29 is 17.9 Å². The number of benzene rings is 1. The van der Waals surface area contributed by atoms with Gasteiger partial charge in [0.15, 0.2) is 9.84 Å². The second-order valence-corrected chi connectivity index (χ2v) is 14.8. The van der Waals surface area contributed by atoms with Gasteiger partial charge in [0.05, 0.1) is 35.0 Å². The third kappa shape index (κ3) is 5.15. The molecule has 0 radical (unpaired) electrons. The second-order valence-electron chi connectivity index (χ2n) is 12.8. The lowest BCUT2D eigenvalue weighted by atomic mass is 9.93. The number of carbonyl (C=O) groups is 1. The highest BCUT2D eigenvalue weighted by Gasteiger charge is 2.45. The van der Waals surface area contributed by atoms with E-state index >= 15 is 0 Å².